The Kier molecular flexibility index (Phi) is 2.41. The molecule has 0 aliphatic rings. The van der Waals surface area contributed by atoms with E-state index in [9.17, 15) is 5.11 Å². The van der Waals surface area contributed by atoms with Crippen LogP contribution in [0.5, 0.6) is 5.75 Å². The highest BCUT2D eigenvalue weighted by atomic mass is 127. The summed E-state index contributed by atoms with van der Waals surface area (Å²) in [5.41, 5.74) is 0.811. The van der Waals surface area contributed by atoms with Crippen molar-refractivity contribution in [3.8, 4) is 5.75 Å². The van der Waals surface area contributed by atoms with E-state index in [2.05, 4.69) is 22.6 Å². The minimum atomic E-state index is 0.188. The average Bonchev–Trinajstić information content (AvgIpc) is 1.93. The van der Waals surface area contributed by atoms with Gasteiger partial charge in [-0.2, -0.15) is 0 Å². The maximum absolute atomic E-state index is 9.25. The minimum Gasteiger partial charge on any atom is -0.506 e. The van der Waals surface area contributed by atoms with Crippen molar-refractivity contribution in [2.75, 3.05) is 0 Å². The Labute approximate surface area is 78.2 Å². The summed E-state index contributed by atoms with van der Waals surface area (Å²) >= 11 is 7.80. The van der Waals surface area contributed by atoms with E-state index in [0.717, 1.165) is 9.13 Å². The smallest absolute Gasteiger partial charge is 0.138 e. The second-order valence-electron chi connectivity index (χ2n) is 2.03. The Morgan fingerprint density at radius 1 is 1.50 bits per heavy atom. The molecule has 0 atom stereocenters. The van der Waals surface area contributed by atoms with Gasteiger partial charge in [-0.1, -0.05) is 17.7 Å². The lowest BCUT2D eigenvalue weighted by molar-refractivity contribution is 0.471. The lowest BCUT2D eigenvalue weighted by atomic mass is 10.2. The van der Waals surface area contributed by atoms with Crippen LogP contribution in [-0.4, -0.2) is 5.11 Å². The predicted molar refractivity (Wildman–Crippen MR) is 50.6 cm³/mol. The van der Waals surface area contributed by atoms with E-state index in [1.165, 1.54) is 0 Å². The van der Waals surface area contributed by atoms with Gasteiger partial charge in [0.25, 0.3) is 0 Å². The van der Waals surface area contributed by atoms with Gasteiger partial charge in [-0.25, -0.2) is 0 Å². The number of aromatic hydroxyl groups is 1. The summed E-state index contributed by atoms with van der Waals surface area (Å²) in [6.07, 6.45) is 0. The molecule has 0 bridgehead atoms. The molecule has 0 amide bonds. The van der Waals surface area contributed by atoms with Gasteiger partial charge >= 0.3 is 0 Å². The number of phenols is 1. The molecule has 1 aromatic rings. The Balaban J connectivity index is 3.34. The molecule has 1 aromatic carbocycles. The van der Waals surface area contributed by atoms with Crippen LogP contribution in [0.4, 0.5) is 0 Å². The van der Waals surface area contributed by atoms with Crippen LogP contribution in [0.2, 0.25) is 5.02 Å². The Hall–Kier alpha value is 0.0400. The van der Waals surface area contributed by atoms with Crippen molar-refractivity contribution in [1.29, 1.82) is 0 Å². The number of benzene rings is 1. The molecule has 0 saturated carbocycles. The SMILES string of the molecule is Cc1ccc(I)c(Cl)c1O. The monoisotopic (exact) mass is 268 g/mol. The van der Waals surface area contributed by atoms with Crippen LogP contribution < -0.4 is 0 Å². The van der Waals surface area contributed by atoms with Crippen molar-refractivity contribution in [2.24, 2.45) is 0 Å². The zero-order valence-electron chi connectivity index (χ0n) is 5.36. The van der Waals surface area contributed by atoms with Crippen molar-refractivity contribution >= 4 is 34.2 Å². The molecule has 1 N–H and O–H groups in total. The molecule has 3 heteroatoms. The molecule has 0 aliphatic carbocycles. The Morgan fingerprint density at radius 2 is 2.10 bits per heavy atom. The highest BCUT2D eigenvalue weighted by molar-refractivity contribution is 14.1. The van der Waals surface area contributed by atoms with Crippen molar-refractivity contribution in [1.82, 2.24) is 0 Å². The molecule has 0 fully saturated rings. The fourth-order valence-electron chi connectivity index (χ4n) is 0.636. The molecule has 0 saturated heterocycles. The predicted octanol–water partition coefficient (Wildman–Crippen LogP) is 2.96. The maximum Gasteiger partial charge on any atom is 0.138 e. The van der Waals surface area contributed by atoms with E-state index < -0.39 is 0 Å². The normalized spacial score (nSPS) is 9.90. The average molecular weight is 268 g/mol. The largest absolute Gasteiger partial charge is 0.506 e. The second kappa shape index (κ2) is 2.96. The molecule has 0 radical (unpaired) electrons. The van der Waals surface area contributed by atoms with E-state index in [-0.39, 0.29) is 5.75 Å². The summed E-state index contributed by atoms with van der Waals surface area (Å²) in [5.74, 6) is 0.188. The van der Waals surface area contributed by atoms with Crippen molar-refractivity contribution in [2.45, 2.75) is 6.92 Å². The van der Waals surface area contributed by atoms with Gasteiger partial charge in [0.15, 0.2) is 0 Å². The first-order valence-corrected chi connectivity index (χ1v) is 4.22. The third-order valence-corrected chi connectivity index (χ3v) is 2.87. The van der Waals surface area contributed by atoms with Gasteiger partial charge in [0.1, 0.15) is 5.75 Å². The van der Waals surface area contributed by atoms with E-state index in [1.807, 2.05) is 19.1 Å². The van der Waals surface area contributed by atoms with Gasteiger partial charge in [-0.05, 0) is 41.1 Å². The van der Waals surface area contributed by atoms with E-state index in [1.54, 1.807) is 0 Å². The minimum absolute atomic E-state index is 0.188. The zero-order valence-corrected chi connectivity index (χ0v) is 8.27. The standard InChI is InChI=1S/C7H6ClIO/c1-4-2-3-5(9)6(8)7(4)10/h2-3,10H,1H3. The van der Waals surface area contributed by atoms with Crippen LogP contribution in [0.3, 0.4) is 0 Å². The quantitative estimate of drug-likeness (QED) is 0.717. The first-order valence-electron chi connectivity index (χ1n) is 2.76. The fourth-order valence-corrected chi connectivity index (χ4v) is 1.28. The fraction of sp³-hybridized carbons (Fsp3) is 0.143. The van der Waals surface area contributed by atoms with Gasteiger partial charge < -0.3 is 5.11 Å². The van der Waals surface area contributed by atoms with Crippen LogP contribution in [0.1, 0.15) is 5.56 Å². The molecule has 1 nitrogen and oxygen atoms in total. The van der Waals surface area contributed by atoms with E-state index >= 15 is 0 Å². The van der Waals surface area contributed by atoms with E-state index in [0.29, 0.717) is 5.02 Å². The van der Waals surface area contributed by atoms with Crippen LogP contribution in [0, 0.1) is 10.5 Å². The lowest BCUT2D eigenvalue weighted by Gasteiger charge is -2.01. The molecule has 0 aliphatic heterocycles. The van der Waals surface area contributed by atoms with Gasteiger partial charge in [0.05, 0.1) is 5.02 Å². The molecular formula is C7H6ClIO. The number of hydrogen-bond donors (Lipinski definition) is 1. The van der Waals surface area contributed by atoms with Gasteiger partial charge in [-0.15, -0.1) is 0 Å². The number of hydrogen-bond acceptors (Lipinski definition) is 1. The summed E-state index contributed by atoms with van der Waals surface area (Å²) in [6, 6.07) is 3.71. The highest BCUT2D eigenvalue weighted by Crippen LogP contribution is 2.30. The molecule has 0 heterocycles. The van der Waals surface area contributed by atoms with Crippen molar-refractivity contribution < 1.29 is 5.11 Å². The van der Waals surface area contributed by atoms with Crippen LogP contribution in [0.25, 0.3) is 0 Å². The van der Waals surface area contributed by atoms with Gasteiger partial charge in [-0.3, -0.25) is 0 Å². The zero-order chi connectivity index (χ0) is 7.72. The first kappa shape index (κ1) is 8.14. The number of aryl methyl sites for hydroxylation is 1. The first-order chi connectivity index (χ1) is 4.63. The lowest BCUT2D eigenvalue weighted by Crippen LogP contribution is -1.78. The summed E-state index contributed by atoms with van der Waals surface area (Å²) < 4.78 is 0.877. The number of rotatable bonds is 0. The third-order valence-electron chi connectivity index (χ3n) is 1.27. The Morgan fingerprint density at radius 3 is 2.60 bits per heavy atom. The summed E-state index contributed by atoms with van der Waals surface area (Å²) in [7, 11) is 0. The molecule has 54 valence electrons. The molecule has 0 unspecified atom stereocenters. The van der Waals surface area contributed by atoms with Crippen LogP contribution >= 0.6 is 34.2 Å². The Bertz CT molecular complexity index is 233. The topological polar surface area (TPSA) is 20.2 Å². The van der Waals surface area contributed by atoms with Crippen LogP contribution in [0.15, 0.2) is 12.1 Å². The molecule has 0 spiro atoms. The summed E-state index contributed by atoms with van der Waals surface area (Å²) in [4.78, 5) is 0. The van der Waals surface area contributed by atoms with Gasteiger partial charge in [0, 0.05) is 3.57 Å². The van der Waals surface area contributed by atoms with Crippen molar-refractivity contribution in [3.05, 3.63) is 26.3 Å². The summed E-state index contributed by atoms with van der Waals surface area (Å²) in [6.45, 7) is 1.82. The summed E-state index contributed by atoms with van der Waals surface area (Å²) in [5, 5.41) is 9.70. The number of halogens is 2. The van der Waals surface area contributed by atoms with Gasteiger partial charge in [0.2, 0.25) is 0 Å². The van der Waals surface area contributed by atoms with Crippen molar-refractivity contribution in [3.63, 3.8) is 0 Å². The maximum atomic E-state index is 9.25. The molecule has 0 aromatic heterocycles. The molecule has 1 rings (SSSR count). The number of phenolic OH excluding ortho intramolecular Hbond substituents is 1. The van der Waals surface area contributed by atoms with E-state index in [4.69, 9.17) is 11.6 Å². The molecule has 10 heavy (non-hydrogen) atoms. The highest BCUT2D eigenvalue weighted by Gasteiger charge is 2.04. The second-order valence-corrected chi connectivity index (χ2v) is 3.57. The van der Waals surface area contributed by atoms with Crippen LogP contribution in [-0.2, 0) is 0 Å². The third kappa shape index (κ3) is 1.37. The molecular weight excluding hydrogens is 262 g/mol.